The lowest BCUT2D eigenvalue weighted by Crippen LogP contribution is -2.34. The number of aromatic nitrogens is 1. The quantitative estimate of drug-likeness (QED) is 0.857. The molecule has 0 bridgehead atoms. The van der Waals surface area contributed by atoms with Crippen molar-refractivity contribution in [2.24, 2.45) is 5.73 Å². The van der Waals surface area contributed by atoms with E-state index in [1.165, 1.54) is 16.5 Å². The van der Waals surface area contributed by atoms with Gasteiger partial charge < -0.3 is 5.73 Å². The van der Waals surface area contributed by atoms with Crippen LogP contribution in [0.3, 0.4) is 0 Å². The van der Waals surface area contributed by atoms with Gasteiger partial charge in [0, 0.05) is 16.6 Å². The fourth-order valence-corrected chi connectivity index (χ4v) is 2.25. The van der Waals surface area contributed by atoms with Crippen LogP contribution in [-0.2, 0) is 6.42 Å². The van der Waals surface area contributed by atoms with Crippen molar-refractivity contribution in [1.82, 2.24) is 4.98 Å². The maximum atomic E-state index is 6.05. The van der Waals surface area contributed by atoms with Crippen molar-refractivity contribution in [3.8, 4) is 0 Å². The van der Waals surface area contributed by atoms with Crippen molar-refractivity contribution in [1.29, 1.82) is 0 Å². The summed E-state index contributed by atoms with van der Waals surface area (Å²) in [6.45, 7) is 8.26. The van der Waals surface area contributed by atoms with Gasteiger partial charge in [-0.3, -0.25) is 4.98 Å². The molecule has 1 aromatic heterocycles. The topological polar surface area (TPSA) is 38.9 Å². The summed E-state index contributed by atoms with van der Waals surface area (Å²) in [4.78, 5) is 4.59. The molecule has 2 heteroatoms. The average molecular weight is 228 g/mol. The van der Waals surface area contributed by atoms with Crippen LogP contribution < -0.4 is 5.73 Å². The second kappa shape index (κ2) is 4.11. The molecule has 2 nitrogen and oxygen atoms in total. The Kier molecular flexibility index (Phi) is 2.92. The minimum absolute atomic E-state index is 0.174. The van der Waals surface area contributed by atoms with E-state index in [9.17, 15) is 0 Å². The van der Waals surface area contributed by atoms with Gasteiger partial charge in [-0.15, -0.1) is 0 Å². The van der Waals surface area contributed by atoms with E-state index >= 15 is 0 Å². The summed E-state index contributed by atoms with van der Waals surface area (Å²) in [5.41, 5.74) is 10.6. The van der Waals surface area contributed by atoms with Crippen LogP contribution in [0.5, 0.6) is 0 Å². The third-order valence-electron chi connectivity index (χ3n) is 2.87. The Bertz CT molecular complexity index is 551. The lowest BCUT2D eigenvalue weighted by molar-refractivity contribution is 0.517. The van der Waals surface area contributed by atoms with Crippen LogP contribution in [-0.4, -0.2) is 10.5 Å². The van der Waals surface area contributed by atoms with E-state index in [0.717, 1.165) is 17.6 Å². The van der Waals surface area contributed by atoms with Crippen molar-refractivity contribution in [2.75, 3.05) is 0 Å². The van der Waals surface area contributed by atoms with E-state index in [1.54, 1.807) is 0 Å². The molecule has 2 rings (SSSR count). The van der Waals surface area contributed by atoms with E-state index in [0.29, 0.717) is 0 Å². The number of rotatable bonds is 2. The zero-order valence-electron chi connectivity index (χ0n) is 11.0. The Labute approximate surface area is 103 Å². The van der Waals surface area contributed by atoms with Crippen LogP contribution in [0.15, 0.2) is 24.3 Å². The number of fused-ring (bicyclic) bond motifs is 1. The van der Waals surface area contributed by atoms with Crippen molar-refractivity contribution in [3.05, 3.63) is 41.1 Å². The normalized spacial score (nSPS) is 12.1. The number of pyridine rings is 1. The molecule has 0 unspecified atom stereocenters. The summed E-state index contributed by atoms with van der Waals surface area (Å²) in [6.07, 6.45) is 0.873. The average Bonchev–Trinajstić information content (AvgIpc) is 2.13. The molecule has 0 aliphatic rings. The summed E-state index contributed by atoms with van der Waals surface area (Å²) in [5, 5.41) is 1.23. The lowest BCUT2D eigenvalue weighted by Gasteiger charge is -2.18. The molecule has 0 atom stereocenters. The number of aryl methyl sites for hydroxylation is 2. The fourth-order valence-electron chi connectivity index (χ4n) is 2.25. The Morgan fingerprint density at radius 3 is 2.53 bits per heavy atom. The van der Waals surface area contributed by atoms with Crippen molar-refractivity contribution >= 4 is 10.9 Å². The second-order valence-corrected chi connectivity index (χ2v) is 5.60. The number of hydrogen-bond acceptors (Lipinski definition) is 2. The minimum Gasteiger partial charge on any atom is -0.325 e. The Morgan fingerprint density at radius 1 is 1.18 bits per heavy atom. The van der Waals surface area contributed by atoms with E-state index in [1.807, 2.05) is 20.8 Å². The van der Waals surface area contributed by atoms with E-state index in [-0.39, 0.29) is 5.54 Å². The van der Waals surface area contributed by atoms with Gasteiger partial charge in [0.05, 0.1) is 5.52 Å². The zero-order valence-corrected chi connectivity index (χ0v) is 11.0. The molecule has 0 aliphatic heterocycles. The van der Waals surface area contributed by atoms with Gasteiger partial charge in [0.2, 0.25) is 0 Å². The Balaban J connectivity index is 2.50. The molecule has 2 N–H and O–H groups in total. The summed E-state index contributed by atoms with van der Waals surface area (Å²) in [7, 11) is 0. The standard InChI is InChI=1S/C15H20N2/c1-10-7-11(2)17-14-8-12(5-6-13(10)14)9-15(3,4)16/h5-8H,9,16H2,1-4H3. The maximum Gasteiger partial charge on any atom is 0.0710 e. The number of nitrogens with zero attached hydrogens (tertiary/aromatic N) is 1. The molecule has 0 spiro atoms. The van der Waals surface area contributed by atoms with Gasteiger partial charge in [0.25, 0.3) is 0 Å². The van der Waals surface area contributed by atoms with Gasteiger partial charge >= 0.3 is 0 Å². The van der Waals surface area contributed by atoms with Crippen LogP contribution >= 0.6 is 0 Å². The summed E-state index contributed by atoms with van der Waals surface area (Å²) in [6, 6.07) is 8.58. The largest absolute Gasteiger partial charge is 0.325 e. The molecule has 1 heterocycles. The molecular weight excluding hydrogens is 208 g/mol. The highest BCUT2D eigenvalue weighted by Gasteiger charge is 2.12. The monoisotopic (exact) mass is 228 g/mol. The summed E-state index contributed by atoms with van der Waals surface area (Å²) >= 11 is 0. The van der Waals surface area contributed by atoms with Crippen molar-refractivity contribution in [3.63, 3.8) is 0 Å². The molecule has 90 valence electrons. The van der Waals surface area contributed by atoms with E-state index in [2.05, 4.69) is 36.2 Å². The minimum atomic E-state index is -0.174. The van der Waals surface area contributed by atoms with Gasteiger partial charge in [-0.25, -0.2) is 0 Å². The molecule has 0 radical (unpaired) electrons. The zero-order chi connectivity index (χ0) is 12.6. The van der Waals surface area contributed by atoms with Gasteiger partial charge in [0.15, 0.2) is 0 Å². The molecule has 0 fully saturated rings. The molecule has 1 aromatic carbocycles. The van der Waals surface area contributed by atoms with Crippen LogP contribution in [0.2, 0.25) is 0 Å². The highest BCUT2D eigenvalue weighted by atomic mass is 14.7. The first-order chi connectivity index (χ1) is 7.85. The first-order valence-corrected chi connectivity index (χ1v) is 6.01. The van der Waals surface area contributed by atoms with Gasteiger partial charge in [-0.2, -0.15) is 0 Å². The van der Waals surface area contributed by atoms with Crippen LogP contribution in [0.25, 0.3) is 10.9 Å². The van der Waals surface area contributed by atoms with E-state index < -0.39 is 0 Å². The Hall–Kier alpha value is -1.41. The Morgan fingerprint density at radius 2 is 1.88 bits per heavy atom. The van der Waals surface area contributed by atoms with Crippen molar-refractivity contribution in [2.45, 2.75) is 39.7 Å². The third-order valence-corrected chi connectivity index (χ3v) is 2.87. The highest BCUT2D eigenvalue weighted by molar-refractivity contribution is 5.82. The highest BCUT2D eigenvalue weighted by Crippen LogP contribution is 2.20. The number of nitrogens with two attached hydrogens (primary N) is 1. The second-order valence-electron chi connectivity index (χ2n) is 5.60. The smallest absolute Gasteiger partial charge is 0.0710 e. The molecule has 0 aliphatic carbocycles. The predicted molar refractivity (Wildman–Crippen MR) is 73.2 cm³/mol. The van der Waals surface area contributed by atoms with Crippen LogP contribution in [0.4, 0.5) is 0 Å². The van der Waals surface area contributed by atoms with Gasteiger partial charge in [0.1, 0.15) is 0 Å². The third kappa shape index (κ3) is 2.83. The number of hydrogen-bond donors (Lipinski definition) is 1. The predicted octanol–water partition coefficient (Wildman–Crippen LogP) is 3.13. The fraction of sp³-hybridized carbons (Fsp3) is 0.400. The van der Waals surface area contributed by atoms with Gasteiger partial charge in [-0.1, -0.05) is 12.1 Å². The van der Waals surface area contributed by atoms with Crippen LogP contribution in [0.1, 0.15) is 30.7 Å². The lowest BCUT2D eigenvalue weighted by atomic mass is 9.95. The first-order valence-electron chi connectivity index (χ1n) is 6.01. The van der Waals surface area contributed by atoms with Crippen LogP contribution in [0, 0.1) is 13.8 Å². The molecule has 0 saturated heterocycles. The maximum absolute atomic E-state index is 6.05. The molecule has 0 saturated carbocycles. The first kappa shape index (κ1) is 12.1. The summed E-state index contributed by atoms with van der Waals surface area (Å²) < 4.78 is 0. The number of benzene rings is 1. The summed E-state index contributed by atoms with van der Waals surface area (Å²) in [5.74, 6) is 0. The molecule has 2 aromatic rings. The SMILES string of the molecule is Cc1cc(C)c2ccc(CC(C)(C)N)cc2n1. The molecular formula is C15H20N2. The molecule has 17 heavy (non-hydrogen) atoms. The van der Waals surface area contributed by atoms with E-state index in [4.69, 9.17) is 5.73 Å². The molecule has 0 amide bonds. The van der Waals surface area contributed by atoms with Crippen molar-refractivity contribution < 1.29 is 0 Å². The van der Waals surface area contributed by atoms with Gasteiger partial charge in [-0.05, 0) is 57.4 Å².